The quantitative estimate of drug-likeness (QED) is 0.698. The van der Waals surface area contributed by atoms with E-state index in [4.69, 9.17) is 10.5 Å². The highest BCUT2D eigenvalue weighted by Crippen LogP contribution is 2.37. The molecular weight excluding hydrogens is 208 g/mol. The molecule has 2 N–H and O–H groups in total. The number of hydrogen-bond donors (Lipinski definition) is 1. The van der Waals surface area contributed by atoms with E-state index in [1.165, 1.54) is 12.2 Å². The maximum Gasteiger partial charge on any atom is 0.0474 e. The molecule has 0 amide bonds. The van der Waals surface area contributed by atoms with Crippen molar-refractivity contribution in [2.45, 2.75) is 30.6 Å². The number of thioether (sulfide) groups is 1. The lowest BCUT2D eigenvalue weighted by molar-refractivity contribution is 0.121. The Kier molecular flexibility index (Phi) is 5.39. The Morgan fingerprint density at radius 2 is 2.33 bits per heavy atom. The minimum Gasteiger partial charge on any atom is -0.385 e. The van der Waals surface area contributed by atoms with Gasteiger partial charge in [-0.05, 0) is 19.9 Å². The molecule has 0 bridgehead atoms. The summed E-state index contributed by atoms with van der Waals surface area (Å²) >= 11 is 2.04. The molecule has 2 unspecified atom stereocenters. The number of nitrogens with two attached hydrogens (primary N) is 1. The maximum absolute atomic E-state index is 5.95. The van der Waals surface area contributed by atoms with Crippen LogP contribution in [0.3, 0.4) is 0 Å². The Bertz CT molecular complexity index is 191. The summed E-state index contributed by atoms with van der Waals surface area (Å²) in [4.78, 5) is 2.43. The summed E-state index contributed by atoms with van der Waals surface area (Å²) in [6.45, 7) is 4.99. The smallest absolute Gasteiger partial charge is 0.0474 e. The second-order valence-corrected chi connectivity index (χ2v) is 5.95. The van der Waals surface area contributed by atoms with Gasteiger partial charge in [0.1, 0.15) is 0 Å². The average Bonchev–Trinajstić information content (AvgIpc) is 2.62. The van der Waals surface area contributed by atoms with Gasteiger partial charge in [0.05, 0.1) is 0 Å². The maximum atomic E-state index is 5.95. The van der Waals surface area contributed by atoms with Gasteiger partial charge in [0.15, 0.2) is 0 Å². The zero-order valence-corrected chi connectivity index (χ0v) is 11.0. The van der Waals surface area contributed by atoms with Crippen molar-refractivity contribution in [3.05, 3.63) is 0 Å². The Morgan fingerprint density at radius 3 is 2.80 bits per heavy atom. The number of hydrogen-bond acceptors (Lipinski definition) is 4. The summed E-state index contributed by atoms with van der Waals surface area (Å²) in [5, 5.41) is 0.749. The van der Waals surface area contributed by atoms with Gasteiger partial charge in [0.2, 0.25) is 0 Å². The lowest BCUT2D eigenvalue weighted by Crippen LogP contribution is -2.53. The van der Waals surface area contributed by atoms with Crippen LogP contribution in [-0.2, 0) is 4.74 Å². The molecule has 15 heavy (non-hydrogen) atoms. The van der Waals surface area contributed by atoms with Crippen molar-refractivity contribution in [3.63, 3.8) is 0 Å². The number of rotatable bonds is 6. The first kappa shape index (κ1) is 13.3. The first-order valence-corrected chi connectivity index (χ1v) is 6.71. The lowest BCUT2D eigenvalue weighted by Gasteiger charge is -2.37. The minimum absolute atomic E-state index is 0.234. The zero-order chi connectivity index (χ0) is 11.3. The Morgan fingerprint density at radius 1 is 1.60 bits per heavy atom. The third-order valence-corrected chi connectivity index (χ3v) is 4.78. The molecule has 0 radical (unpaired) electrons. The predicted octanol–water partition coefficient (Wildman–Crippen LogP) is 1.18. The van der Waals surface area contributed by atoms with E-state index in [1.807, 2.05) is 11.8 Å². The van der Waals surface area contributed by atoms with Crippen LogP contribution in [0.15, 0.2) is 0 Å². The summed E-state index contributed by atoms with van der Waals surface area (Å²) in [6, 6.07) is 0. The number of ether oxygens (including phenoxy) is 1. The highest BCUT2D eigenvalue weighted by molar-refractivity contribution is 8.00. The molecule has 1 heterocycles. The summed E-state index contributed by atoms with van der Waals surface area (Å²) in [7, 11) is 3.95. The van der Waals surface area contributed by atoms with E-state index in [0.29, 0.717) is 0 Å². The molecule has 2 atom stereocenters. The van der Waals surface area contributed by atoms with E-state index in [1.54, 1.807) is 7.11 Å². The monoisotopic (exact) mass is 232 g/mol. The lowest BCUT2D eigenvalue weighted by atomic mass is 9.94. The normalized spacial score (nSPS) is 31.4. The third-order valence-electron chi connectivity index (χ3n) is 3.34. The Labute approximate surface area is 97.7 Å². The molecular formula is C11H24N2OS. The molecule has 0 aliphatic carbocycles. The van der Waals surface area contributed by atoms with E-state index in [9.17, 15) is 0 Å². The first-order valence-electron chi connectivity index (χ1n) is 5.66. The molecule has 90 valence electrons. The van der Waals surface area contributed by atoms with E-state index in [2.05, 4.69) is 18.9 Å². The second-order valence-electron chi connectivity index (χ2n) is 4.52. The van der Waals surface area contributed by atoms with Gasteiger partial charge in [-0.15, -0.1) is 0 Å². The number of likely N-dealkylation sites (N-methyl/N-ethyl adjacent to an activating group) is 1. The van der Waals surface area contributed by atoms with Gasteiger partial charge in [-0.25, -0.2) is 0 Å². The Balaban J connectivity index is 2.43. The van der Waals surface area contributed by atoms with Crippen LogP contribution in [0.2, 0.25) is 0 Å². The van der Waals surface area contributed by atoms with Crippen LogP contribution in [0.1, 0.15) is 19.8 Å². The fraction of sp³-hybridized carbons (Fsp3) is 1.00. The van der Waals surface area contributed by atoms with Crippen LogP contribution >= 0.6 is 11.8 Å². The summed E-state index contributed by atoms with van der Waals surface area (Å²) < 4.78 is 5.08. The molecule has 0 spiro atoms. The summed E-state index contributed by atoms with van der Waals surface area (Å²) in [6.07, 6.45) is 2.31. The zero-order valence-electron chi connectivity index (χ0n) is 10.2. The molecule has 0 aromatic heterocycles. The second kappa shape index (κ2) is 6.09. The van der Waals surface area contributed by atoms with Crippen LogP contribution in [-0.4, -0.2) is 55.3 Å². The van der Waals surface area contributed by atoms with Crippen molar-refractivity contribution in [1.29, 1.82) is 0 Å². The fourth-order valence-corrected chi connectivity index (χ4v) is 3.68. The Hall–Kier alpha value is 0.230. The van der Waals surface area contributed by atoms with Crippen molar-refractivity contribution in [3.8, 4) is 0 Å². The number of methoxy groups -OCH3 is 1. The van der Waals surface area contributed by atoms with E-state index in [0.717, 1.165) is 31.4 Å². The molecule has 1 rings (SSSR count). The van der Waals surface area contributed by atoms with Gasteiger partial charge in [-0.3, -0.25) is 4.90 Å². The average molecular weight is 232 g/mol. The highest BCUT2D eigenvalue weighted by Gasteiger charge is 2.39. The van der Waals surface area contributed by atoms with Gasteiger partial charge in [0, 0.05) is 43.3 Å². The van der Waals surface area contributed by atoms with Crippen LogP contribution in [0, 0.1) is 0 Å². The van der Waals surface area contributed by atoms with Crippen molar-refractivity contribution >= 4 is 11.8 Å². The molecule has 1 aliphatic heterocycles. The molecule has 1 saturated heterocycles. The predicted molar refractivity (Wildman–Crippen MR) is 67.4 cm³/mol. The third kappa shape index (κ3) is 3.34. The summed E-state index contributed by atoms with van der Waals surface area (Å²) in [5.74, 6) is 1.17. The SMILES string of the molecule is COCCCN(C)C1(CN)CSC(C)C1. The fourth-order valence-electron chi connectivity index (χ4n) is 2.20. The molecule has 0 aromatic carbocycles. The van der Waals surface area contributed by atoms with E-state index in [-0.39, 0.29) is 5.54 Å². The molecule has 3 nitrogen and oxygen atoms in total. The van der Waals surface area contributed by atoms with E-state index >= 15 is 0 Å². The largest absolute Gasteiger partial charge is 0.385 e. The standard InChI is InChI=1S/C11H24N2OS/c1-10-7-11(8-12,9-15-10)13(2)5-4-6-14-3/h10H,4-9,12H2,1-3H3. The van der Waals surface area contributed by atoms with Crippen molar-refractivity contribution in [2.75, 3.05) is 39.6 Å². The van der Waals surface area contributed by atoms with Gasteiger partial charge in [0.25, 0.3) is 0 Å². The van der Waals surface area contributed by atoms with Crippen molar-refractivity contribution < 1.29 is 4.74 Å². The van der Waals surface area contributed by atoms with Gasteiger partial charge in [-0.1, -0.05) is 6.92 Å². The molecule has 0 saturated carbocycles. The van der Waals surface area contributed by atoms with Crippen LogP contribution in [0.4, 0.5) is 0 Å². The summed E-state index contributed by atoms with van der Waals surface area (Å²) in [5.41, 5.74) is 6.18. The van der Waals surface area contributed by atoms with E-state index < -0.39 is 0 Å². The van der Waals surface area contributed by atoms with Gasteiger partial charge < -0.3 is 10.5 Å². The van der Waals surface area contributed by atoms with Crippen LogP contribution < -0.4 is 5.73 Å². The highest BCUT2D eigenvalue weighted by atomic mass is 32.2. The van der Waals surface area contributed by atoms with Gasteiger partial charge >= 0.3 is 0 Å². The molecule has 0 aromatic rings. The number of nitrogens with zero attached hydrogens (tertiary/aromatic N) is 1. The van der Waals surface area contributed by atoms with Crippen molar-refractivity contribution in [1.82, 2.24) is 4.90 Å². The molecule has 4 heteroatoms. The van der Waals surface area contributed by atoms with Crippen LogP contribution in [0.25, 0.3) is 0 Å². The molecule has 1 fully saturated rings. The molecule has 1 aliphatic rings. The van der Waals surface area contributed by atoms with Crippen LogP contribution in [0.5, 0.6) is 0 Å². The topological polar surface area (TPSA) is 38.5 Å². The van der Waals surface area contributed by atoms with Gasteiger partial charge in [-0.2, -0.15) is 11.8 Å². The minimum atomic E-state index is 0.234. The van der Waals surface area contributed by atoms with Crippen molar-refractivity contribution in [2.24, 2.45) is 5.73 Å². The first-order chi connectivity index (χ1) is 7.14.